The Hall–Kier alpha value is -1.36. The third-order valence-corrected chi connectivity index (χ3v) is 3.37. The van der Waals surface area contributed by atoms with Gasteiger partial charge >= 0.3 is 0 Å². The van der Waals surface area contributed by atoms with Gasteiger partial charge in [0.1, 0.15) is 0 Å². The minimum atomic E-state index is 0.0837. The van der Waals surface area contributed by atoms with Crippen LogP contribution in [0.1, 0.15) is 26.2 Å². The first kappa shape index (κ1) is 13.1. The molecule has 1 aliphatic carbocycles. The van der Waals surface area contributed by atoms with Crippen molar-refractivity contribution in [1.82, 2.24) is 14.9 Å². The maximum Gasteiger partial charge on any atom is 0.222 e. The van der Waals surface area contributed by atoms with E-state index in [4.69, 9.17) is 4.74 Å². The number of ether oxygens (including phenoxy) is 1. The van der Waals surface area contributed by atoms with Gasteiger partial charge in [-0.1, -0.05) is 0 Å². The molecule has 1 aliphatic rings. The number of hydrogen-bond acceptors (Lipinski definition) is 3. The van der Waals surface area contributed by atoms with Gasteiger partial charge < -0.3 is 14.6 Å². The summed E-state index contributed by atoms with van der Waals surface area (Å²) in [5, 5.41) is 3.00. The predicted molar refractivity (Wildman–Crippen MR) is 68.0 cm³/mol. The van der Waals surface area contributed by atoms with E-state index in [0.29, 0.717) is 19.6 Å². The molecule has 0 atom stereocenters. The van der Waals surface area contributed by atoms with Crippen molar-refractivity contribution in [2.24, 2.45) is 5.41 Å². The summed E-state index contributed by atoms with van der Waals surface area (Å²) in [4.78, 5) is 15.6. The Kier molecular flexibility index (Phi) is 4.36. The van der Waals surface area contributed by atoms with Crippen LogP contribution in [0, 0.1) is 5.41 Å². The molecule has 1 aromatic rings. The fourth-order valence-electron chi connectivity index (χ4n) is 2.02. The Morgan fingerprint density at radius 1 is 1.56 bits per heavy atom. The number of carbonyl (C=O) groups is 1. The van der Waals surface area contributed by atoms with Gasteiger partial charge in [0.25, 0.3) is 0 Å². The van der Waals surface area contributed by atoms with Crippen molar-refractivity contribution in [2.45, 2.75) is 32.7 Å². The molecule has 0 bridgehead atoms. The second-order valence-corrected chi connectivity index (χ2v) is 4.96. The summed E-state index contributed by atoms with van der Waals surface area (Å²) in [7, 11) is 0. The highest BCUT2D eigenvalue weighted by Crippen LogP contribution is 2.46. The molecule has 0 aromatic carbocycles. The first-order chi connectivity index (χ1) is 8.74. The van der Waals surface area contributed by atoms with Crippen LogP contribution in [0.2, 0.25) is 0 Å². The topological polar surface area (TPSA) is 56.1 Å². The Morgan fingerprint density at radius 2 is 2.39 bits per heavy atom. The van der Waals surface area contributed by atoms with Crippen molar-refractivity contribution >= 4 is 5.91 Å². The molecule has 18 heavy (non-hydrogen) atoms. The Morgan fingerprint density at radius 3 is 3.00 bits per heavy atom. The third-order valence-electron chi connectivity index (χ3n) is 3.37. The molecule has 0 radical (unpaired) electrons. The molecule has 2 rings (SSSR count). The van der Waals surface area contributed by atoms with Gasteiger partial charge in [-0.05, 0) is 19.8 Å². The number of aromatic nitrogens is 2. The fourth-order valence-corrected chi connectivity index (χ4v) is 2.02. The van der Waals surface area contributed by atoms with E-state index in [1.807, 2.05) is 19.4 Å². The molecule has 1 saturated carbocycles. The molecule has 1 N–H and O–H groups in total. The van der Waals surface area contributed by atoms with E-state index in [1.165, 1.54) is 12.8 Å². The number of rotatable bonds is 8. The highest BCUT2D eigenvalue weighted by Gasteiger charge is 2.42. The maximum atomic E-state index is 11.6. The van der Waals surface area contributed by atoms with Crippen LogP contribution in [0.4, 0.5) is 0 Å². The normalized spacial score (nSPS) is 16.5. The Labute approximate surface area is 108 Å². The Balaban J connectivity index is 1.68. The number of imidazole rings is 1. The summed E-state index contributed by atoms with van der Waals surface area (Å²) in [5.41, 5.74) is 0.252. The first-order valence-corrected chi connectivity index (χ1v) is 6.54. The third kappa shape index (κ3) is 3.84. The van der Waals surface area contributed by atoms with Crippen LogP contribution in [0.15, 0.2) is 18.7 Å². The standard InChI is InChI=1S/C13H21N3O2/c1-2-18-8-3-12(17)15-9-13(4-5-13)10-16-7-6-14-11-16/h6-7,11H,2-5,8-10H2,1H3,(H,15,17). The van der Waals surface area contributed by atoms with Crippen LogP contribution < -0.4 is 5.32 Å². The van der Waals surface area contributed by atoms with E-state index in [-0.39, 0.29) is 11.3 Å². The lowest BCUT2D eigenvalue weighted by Gasteiger charge is -2.16. The van der Waals surface area contributed by atoms with E-state index < -0.39 is 0 Å². The smallest absolute Gasteiger partial charge is 0.222 e. The van der Waals surface area contributed by atoms with Crippen molar-refractivity contribution in [3.63, 3.8) is 0 Å². The van der Waals surface area contributed by atoms with Crippen LogP contribution in [0.25, 0.3) is 0 Å². The summed E-state index contributed by atoms with van der Waals surface area (Å²) < 4.78 is 7.25. The monoisotopic (exact) mass is 251 g/mol. The molecule has 0 unspecified atom stereocenters. The minimum absolute atomic E-state index is 0.0837. The van der Waals surface area contributed by atoms with E-state index in [9.17, 15) is 4.79 Å². The van der Waals surface area contributed by atoms with E-state index in [0.717, 1.165) is 13.1 Å². The van der Waals surface area contributed by atoms with Crippen molar-refractivity contribution in [2.75, 3.05) is 19.8 Å². The zero-order valence-corrected chi connectivity index (χ0v) is 10.9. The second-order valence-electron chi connectivity index (χ2n) is 4.96. The van der Waals surface area contributed by atoms with Crippen molar-refractivity contribution in [1.29, 1.82) is 0 Å². The fraction of sp³-hybridized carbons (Fsp3) is 0.692. The highest BCUT2D eigenvalue weighted by molar-refractivity contribution is 5.76. The van der Waals surface area contributed by atoms with Gasteiger partial charge in [0, 0.05) is 43.9 Å². The van der Waals surface area contributed by atoms with Crippen molar-refractivity contribution in [3.8, 4) is 0 Å². The van der Waals surface area contributed by atoms with Crippen molar-refractivity contribution < 1.29 is 9.53 Å². The summed E-state index contributed by atoms with van der Waals surface area (Å²) in [6.45, 7) is 4.81. The summed E-state index contributed by atoms with van der Waals surface area (Å²) in [6.07, 6.45) is 8.40. The van der Waals surface area contributed by atoms with Crippen LogP contribution in [0.5, 0.6) is 0 Å². The largest absolute Gasteiger partial charge is 0.381 e. The highest BCUT2D eigenvalue weighted by atomic mass is 16.5. The molecule has 100 valence electrons. The van der Waals surface area contributed by atoms with Crippen LogP contribution >= 0.6 is 0 Å². The maximum absolute atomic E-state index is 11.6. The van der Waals surface area contributed by atoms with Crippen molar-refractivity contribution in [3.05, 3.63) is 18.7 Å². The van der Waals surface area contributed by atoms with Gasteiger partial charge in [-0.3, -0.25) is 4.79 Å². The molecule has 5 nitrogen and oxygen atoms in total. The van der Waals surface area contributed by atoms with E-state index in [1.54, 1.807) is 6.20 Å². The zero-order valence-electron chi connectivity index (χ0n) is 10.9. The summed E-state index contributed by atoms with van der Waals surface area (Å²) in [5.74, 6) is 0.0837. The van der Waals surface area contributed by atoms with Crippen LogP contribution in [-0.2, 0) is 16.1 Å². The van der Waals surface area contributed by atoms with Gasteiger partial charge in [-0.15, -0.1) is 0 Å². The minimum Gasteiger partial charge on any atom is -0.381 e. The molecule has 1 amide bonds. The number of nitrogens with zero attached hydrogens (tertiary/aromatic N) is 2. The number of carbonyl (C=O) groups excluding carboxylic acids is 1. The summed E-state index contributed by atoms with van der Waals surface area (Å²) >= 11 is 0. The molecule has 0 aliphatic heterocycles. The van der Waals surface area contributed by atoms with Gasteiger partial charge in [0.15, 0.2) is 0 Å². The lowest BCUT2D eigenvalue weighted by molar-refractivity contribution is -0.122. The second kappa shape index (κ2) is 6.00. The number of amides is 1. The molecule has 1 aromatic heterocycles. The van der Waals surface area contributed by atoms with E-state index in [2.05, 4.69) is 14.9 Å². The van der Waals surface area contributed by atoms with Gasteiger partial charge in [0.2, 0.25) is 5.91 Å². The van der Waals surface area contributed by atoms with Gasteiger partial charge in [0.05, 0.1) is 12.9 Å². The van der Waals surface area contributed by atoms with E-state index >= 15 is 0 Å². The molecular weight excluding hydrogens is 230 g/mol. The molecule has 0 spiro atoms. The van der Waals surface area contributed by atoms with Crippen LogP contribution in [0.3, 0.4) is 0 Å². The Bertz CT molecular complexity index is 372. The van der Waals surface area contributed by atoms with Gasteiger partial charge in [-0.25, -0.2) is 4.98 Å². The lowest BCUT2D eigenvalue weighted by Crippen LogP contribution is -2.32. The zero-order chi connectivity index (χ0) is 12.8. The molecular formula is C13H21N3O2. The quantitative estimate of drug-likeness (QED) is 0.706. The van der Waals surface area contributed by atoms with Crippen LogP contribution in [-0.4, -0.2) is 35.2 Å². The number of hydrogen-bond donors (Lipinski definition) is 1. The SMILES string of the molecule is CCOCCC(=O)NCC1(Cn2ccnc2)CC1. The molecule has 0 saturated heterocycles. The first-order valence-electron chi connectivity index (χ1n) is 6.54. The molecule has 1 heterocycles. The molecule has 5 heteroatoms. The average Bonchev–Trinajstić information content (AvgIpc) is 2.92. The predicted octanol–water partition coefficient (Wildman–Crippen LogP) is 1.21. The summed E-state index contributed by atoms with van der Waals surface area (Å²) in [6, 6.07) is 0. The van der Waals surface area contributed by atoms with Gasteiger partial charge in [-0.2, -0.15) is 0 Å². The average molecular weight is 251 g/mol. The number of nitrogens with one attached hydrogen (secondary N) is 1. The molecule has 1 fully saturated rings. The lowest BCUT2D eigenvalue weighted by atomic mass is 10.1.